The second-order valence-corrected chi connectivity index (χ2v) is 5.40. The van der Waals surface area contributed by atoms with Crippen molar-refractivity contribution < 1.29 is 4.39 Å². The van der Waals surface area contributed by atoms with Gasteiger partial charge >= 0.3 is 0 Å². The molecule has 0 aliphatic carbocycles. The van der Waals surface area contributed by atoms with Crippen molar-refractivity contribution in [1.29, 1.82) is 0 Å². The Labute approximate surface area is 138 Å². The first kappa shape index (κ1) is 15.9. The number of benzene rings is 1. The Balaban J connectivity index is 1.76. The number of hydrogen-bond donors (Lipinski definition) is 1. The van der Waals surface area contributed by atoms with E-state index in [1.165, 1.54) is 22.8 Å². The third-order valence-corrected chi connectivity index (χ3v) is 3.72. The lowest BCUT2D eigenvalue weighted by Crippen LogP contribution is -2.22. The van der Waals surface area contributed by atoms with Crippen LogP contribution in [0, 0.1) is 5.82 Å². The van der Waals surface area contributed by atoms with Crippen molar-refractivity contribution in [2.75, 3.05) is 11.9 Å². The Bertz CT molecular complexity index is 876. The Morgan fingerprint density at radius 3 is 2.54 bits per heavy atom. The van der Waals surface area contributed by atoms with Crippen molar-refractivity contribution in [3.05, 3.63) is 76.6 Å². The lowest BCUT2D eigenvalue weighted by molar-refractivity contribution is 0.627. The molecule has 0 saturated heterocycles. The molecule has 0 spiro atoms. The third kappa shape index (κ3) is 3.65. The molecule has 3 aromatic rings. The first-order valence-electron chi connectivity index (χ1n) is 7.60. The van der Waals surface area contributed by atoms with Gasteiger partial charge in [-0.25, -0.2) is 9.37 Å². The van der Waals surface area contributed by atoms with E-state index in [9.17, 15) is 9.18 Å². The number of nitrogens with one attached hydrogen (secondary N) is 1. The zero-order valence-electron chi connectivity index (χ0n) is 13.2. The summed E-state index contributed by atoms with van der Waals surface area (Å²) in [5, 5.41) is 3.17. The van der Waals surface area contributed by atoms with E-state index in [0.29, 0.717) is 24.6 Å². The standard InChI is InChI=1S/C18H17FN4O/c1-23-17(24)12-16(14-7-9-20-10-8-14)22-18(23)21-11-6-13-2-4-15(19)5-3-13/h2-5,7-10,12H,6,11H2,1H3,(H,21,22). The summed E-state index contributed by atoms with van der Waals surface area (Å²) in [5.74, 6) is 0.247. The van der Waals surface area contributed by atoms with Crippen molar-refractivity contribution in [1.82, 2.24) is 14.5 Å². The first-order valence-corrected chi connectivity index (χ1v) is 7.60. The molecule has 1 aromatic carbocycles. The SMILES string of the molecule is Cn1c(NCCc2ccc(F)cc2)nc(-c2ccncc2)cc1=O. The molecule has 0 fully saturated rings. The first-order chi connectivity index (χ1) is 11.6. The number of rotatable bonds is 5. The summed E-state index contributed by atoms with van der Waals surface area (Å²) >= 11 is 0. The summed E-state index contributed by atoms with van der Waals surface area (Å²) in [7, 11) is 1.67. The Morgan fingerprint density at radius 2 is 1.83 bits per heavy atom. The number of halogens is 1. The van der Waals surface area contributed by atoms with Crippen LogP contribution in [-0.2, 0) is 13.5 Å². The van der Waals surface area contributed by atoms with Crippen molar-refractivity contribution in [3.63, 3.8) is 0 Å². The van der Waals surface area contributed by atoms with E-state index in [2.05, 4.69) is 15.3 Å². The fourth-order valence-corrected chi connectivity index (χ4v) is 2.34. The minimum Gasteiger partial charge on any atom is -0.355 e. The van der Waals surface area contributed by atoms with Gasteiger partial charge in [-0.05, 0) is 36.2 Å². The van der Waals surface area contributed by atoms with E-state index in [4.69, 9.17) is 0 Å². The van der Waals surface area contributed by atoms with Gasteiger partial charge in [0.05, 0.1) is 5.69 Å². The molecule has 0 atom stereocenters. The van der Waals surface area contributed by atoms with E-state index in [1.54, 1.807) is 31.6 Å². The van der Waals surface area contributed by atoms with Crippen LogP contribution in [0.2, 0.25) is 0 Å². The van der Waals surface area contributed by atoms with Crippen molar-refractivity contribution in [2.45, 2.75) is 6.42 Å². The number of aromatic nitrogens is 3. The molecule has 0 amide bonds. The predicted octanol–water partition coefficient (Wildman–Crippen LogP) is 2.64. The lowest BCUT2D eigenvalue weighted by atomic mass is 10.1. The van der Waals surface area contributed by atoms with Crippen LogP contribution in [0.4, 0.5) is 10.3 Å². The van der Waals surface area contributed by atoms with Gasteiger partial charge in [0.25, 0.3) is 5.56 Å². The molecule has 0 saturated carbocycles. The average molecular weight is 324 g/mol. The molecule has 122 valence electrons. The smallest absolute Gasteiger partial charge is 0.255 e. The second kappa shape index (κ2) is 7.04. The van der Waals surface area contributed by atoms with Crippen LogP contribution < -0.4 is 10.9 Å². The zero-order chi connectivity index (χ0) is 16.9. The minimum atomic E-state index is -0.249. The molecular formula is C18H17FN4O. The Hall–Kier alpha value is -3.02. The molecule has 0 bridgehead atoms. The summed E-state index contributed by atoms with van der Waals surface area (Å²) < 4.78 is 14.4. The van der Waals surface area contributed by atoms with Crippen molar-refractivity contribution >= 4 is 5.95 Å². The molecule has 24 heavy (non-hydrogen) atoms. The normalized spacial score (nSPS) is 10.6. The molecule has 1 N–H and O–H groups in total. The quantitative estimate of drug-likeness (QED) is 0.784. The maximum absolute atomic E-state index is 12.9. The zero-order valence-corrected chi connectivity index (χ0v) is 13.2. The van der Waals surface area contributed by atoms with Crippen molar-refractivity contribution in [3.8, 4) is 11.3 Å². The van der Waals surface area contributed by atoms with Crippen LogP contribution in [0.3, 0.4) is 0 Å². The Kier molecular flexibility index (Phi) is 4.65. The van der Waals surface area contributed by atoms with Gasteiger partial charge in [-0.1, -0.05) is 12.1 Å². The van der Waals surface area contributed by atoms with E-state index in [1.807, 2.05) is 12.1 Å². The molecule has 0 aliphatic rings. The van der Waals surface area contributed by atoms with E-state index >= 15 is 0 Å². The van der Waals surface area contributed by atoms with Crippen LogP contribution in [-0.4, -0.2) is 21.1 Å². The second-order valence-electron chi connectivity index (χ2n) is 5.40. The highest BCUT2D eigenvalue weighted by atomic mass is 19.1. The van der Waals surface area contributed by atoms with Gasteiger partial charge in [0.2, 0.25) is 5.95 Å². The van der Waals surface area contributed by atoms with Crippen LogP contribution >= 0.6 is 0 Å². The van der Waals surface area contributed by atoms with Crippen LogP contribution in [0.1, 0.15) is 5.56 Å². The molecule has 0 radical (unpaired) electrons. The van der Waals surface area contributed by atoms with Crippen LogP contribution in [0.15, 0.2) is 59.7 Å². The molecular weight excluding hydrogens is 307 g/mol. The lowest BCUT2D eigenvalue weighted by Gasteiger charge is -2.11. The van der Waals surface area contributed by atoms with Crippen LogP contribution in [0.5, 0.6) is 0 Å². The highest BCUT2D eigenvalue weighted by molar-refractivity contribution is 5.59. The molecule has 0 aliphatic heterocycles. The Morgan fingerprint density at radius 1 is 1.12 bits per heavy atom. The number of pyridine rings is 1. The van der Waals surface area contributed by atoms with Gasteiger partial charge in [0.15, 0.2) is 0 Å². The highest BCUT2D eigenvalue weighted by Crippen LogP contribution is 2.15. The summed E-state index contributed by atoms with van der Waals surface area (Å²) in [6.45, 7) is 0.589. The molecule has 6 heteroatoms. The molecule has 2 aromatic heterocycles. The van der Waals surface area contributed by atoms with E-state index < -0.39 is 0 Å². The van der Waals surface area contributed by atoms with Crippen molar-refractivity contribution in [2.24, 2.45) is 7.05 Å². The molecule has 5 nitrogen and oxygen atoms in total. The minimum absolute atomic E-state index is 0.138. The summed E-state index contributed by atoms with van der Waals surface area (Å²) in [6, 6.07) is 11.5. The summed E-state index contributed by atoms with van der Waals surface area (Å²) in [6.07, 6.45) is 4.03. The maximum Gasteiger partial charge on any atom is 0.255 e. The summed E-state index contributed by atoms with van der Waals surface area (Å²) in [5.41, 5.74) is 2.31. The molecule has 2 heterocycles. The maximum atomic E-state index is 12.9. The van der Waals surface area contributed by atoms with Gasteiger partial charge in [-0.2, -0.15) is 0 Å². The van der Waals surface area contributed by atoms with Gasteiger partial charge < -0.3 is 5.32 Å². The average Bonchev–Trinajstić information content (AvgIpc) is 2.61. The van der Waals surface area contributed by atoms with Gasteiger partial charge in [-0.3, -0.25) is 14.3 Å². The molecule has 3 rings (SSSR count). The summed E-state index contributed by atoms with van der Waals surface area (Å²) in [4.78, 5) is 20.6. The molecule has 0 unspecified atom stereocenters. The predicted molar refractivity (Wildman–Crippen MR) is 91.3 cm³/mol. The van der Waals surface area contributed by atoms with Gasteiger partial charge in [0, 0.05) is 37.6 Å². The fourth-order valence-electron chi connectivity index (χ4n) is 2.34. The van der Waals surface area contributed by atoms with Crippen LogP contribution in [0.25, 0.3) is 11.3 Å². The third-order valence-electron chi connectivity index (χ3n) is 3.72. The van der Waals surface area contributed by atoms with E-state index in [-0.39, 0.29) is 11.4 Å². The number of hydrogen-bond acceptors (Lipinski definition) is 4. The highest BCUT2D eigenvalue weighted by Gasteiger charge is 2.07. The van der Waals surface area contributed by atoms with Gasteiger partial charge in [-0.15, -0.1) is 0 Å². The van der Waals surface area contributed by atoms with Gasteiger partial charge in [0.1, 0.15) is 5.82 Å². The topological polar surface area (TPSA) is 59.8 Å². The monoisotopic (exact) mass is 324 g/mol. The fraction of sp³-hybridized carbons (Fsp3) is 0.167. The van der Waals surface area contributed by atoms with E-state index in [0.717, 1.165) is 11.1 Å². The largest absolute Gasteiger partial charge is 0.355 e. The number of nitrogens with zero attached hydrogens (tertiary/aromatic N) is 3. The number of anilines is 1.